The predicted octanol–water partition coefficient (Wildman–Crippen LogP) is 1.07. The number of hydrogen-bond donors (Lipinski definition) is 1. The summed E-state index contributed by atoms with van der Waals surface area (Å²) in [5, 5.41) is 11.9. The summed E-state index contributed by atoms with van der Waals surface area (Å²) < 4.78 is 10.2. The highest BCUT2D eigenvalue weighted by Crippen LogP contribution is 2.15. The molecule has 0 radical (unpaired) electrons. The van der Waals surface area contributed by atoms with Gasteiger partial charge in [-0.05, 0) is 6.42 Å². The van der Waals surface area contributed by atoms with Crippen LogP contribution in [-0.2, 0) is 4.74 Å². The number of methoxy groups -OCH3 is 2. The highest BCUT2D eigenvalue weighted by molar-refractivity contribution is 5.38. The fraction of sp³-hybridized carbons (Fsp3) is 0.692. The number of rotatable bonds is 10. The predicted molar refractivity (Wildman–Crippen MR) is 79.5 cm³/mol. The van der Waals surface area contributed by atoms with Crippen LogP contribution in [0.5, 0.6) is 6.01 Å². The van der Waals surface area contributed by atoms with Crippen molar-refractivity contribution in [2.75, 3.05) is 50.7 Å². The highest BCUT2D eigenvalue weighted by Gasteiger charge is 2.13. The number of aromatic nitrogens is 3. The first-order valence-corrected chi connectivity index (χ1v) is 6.89. The number of anilines is 2. The van der Waals surface area contributed by atoms with Crippen molar-refractivity contribution in [1.82, 2.24) is 15.0 Å². The van der Waals surface area contributed by atoms with E-state index in [0.717, 1.165) is 13.0 Å². The normalized spacial score (nSPS) is 10.0. The van der Waals surface area contributed by atoms with Crippen LogP contribution in [0.1, 0.15) is 19.8 Å². The lowest BCUT2D eigenvalue weighted by Gasteiger charge is -2.21. The summed E-state index contributed by atoms with van der Waals surface area (Å²) in [6.07, 6.45) is 1.35. The van der Waals surface area contributed by atoms with Crippen LogP contribution in [0.3, 0.4) is 0 Å². The molecule has 0 aromatic carbocycles. The quantitative estimate of drug-likeness (QED) is 0.684. The van der Waals surface area contributed by atoms with Crippen molar-refractivity contribution in [2.45, 2.75) is 19.8 Å². The van der Waals surface area contributed by atoms with Crippen molar-refractivity contribution < 1.29 is 9.47 Å². The second-order valence-electron chi connectivity index (χ2n) is 4.26. The molecule has 8 nitrogen and oxygen atoms in total. The van der Waals surface area contributed by atoms with Crippen molar-refractivity contribution in [1.29, 1.82) is 5.26 Å². The summed E-state index contributed by atoms with van der Waals surface area (Å²) in [5.41, 5.74) is 0. The molecule has 0 bridgehead atoms. The third-order valence-corrected chi connectivity index (χ3v) is 2.66. The third-order valence-electron chi connectivity index (χ3n) is 2.66. The molecule has 0 amide bonds. The second kappa shape index (κ2) is 9.72. The van der Waals surface area contributed by atoms with E-state index in [1.54, 1.807) is 7.11 Å². The molecular formula is C13H22N6O2. The van der Waals surface area contributed by atoms with Gasteiger partial charge in [0.25, 0.3) is 0 Å². The Kier molecular flexibility index (Phi) is 7.82. The standard InChI is InChI=1S/C13H22N6O2/c1-4-7-15-11-16-12(18-13(17-11)21-3)19(8-5-6-14)9-10-20-2/h4-5,7-10H2,1-3H3,(H,15,16,17,18). The lowest BCUT2D eigenvalue weighted by Crippen LogP contribution is -2.30. The smallest absolute Gasteiger partial charge is 0.322 e. The Labute approximate surface area is 125 Å². The molecular weight excluding hydrogens is 272 g/mol. The number of nitrogens with zero attached hydrogens (tertiary/aromatic N) is 5. The van der Waals surface area contributed by atoms with Crippen molar-refractivity contribution in [2.24, 2.45) is 0 Å². The Bertz CT molecular complexity index is 462. The lowest BCUT2D eigenvalue weighted by atomic mass is 10.4. The summed E-state index contributed by atoms with van der Waals surface area (Å²) >= 11 is 0. The Hall–Kier alpha value is -2.14. The van der Waals surface area contributed by atoms with Crippen molar-refractivity contribution >= 4 is 11.9 Å². The van der Waals surface area contributed by atoms with Gasteiger partial charge in [-0.2, -0.15) is 20.2 Å². The molecule has 1 heterocycles. The van der Waals surface area contributed by atoms with E-state index in [9.17, 15) is 0 Å². The first kappa shape index (κ1) is 16.9. The largest absolute Gasteiger partial charge is 0.467 e. The van der Waals surface area contributed by atoms with Crippen molar-refractivity contribution in [3.05, 3.63) is 0 Å². The molecule has 0 aliphatic heterocycles. The fourth-order valence-electron chi connectivity index (χ4n) is 1.59. The van der Waals surface area contributed by atoms with Gasteiger partial charge in [0.15, 0.2) is 0 Å². The van der Waals surface area contributed by atoms with Crippen LogP contribution in [-0.4, -0.2) is 55.4 Å². The zero-order chi connectivity index (χ0) is 15.5. The molecule has 0 fully saturated rings. The average molecular weight is 294 g/mol. The number of hydrogen-bond acceptors (Lipinski definition) is 8. The molecule has 8 heteroatoms. The molecule has 1 aromatic rings. The Morgan fingerprint density at radius 3 is 2.67 bits per heavy atom. The zero-order valence-electron chi connectivity index (χ0n) is 12.8. The SMILES string of the molecule is CCCNc1nc(OC)nc(N(CCC#N)CCOC)n1. The molecule has 0 unspecified atom stereocenters. The molecule has 1 aromatic heterocycles. The molecule has 0 spiro atoms. The van der Waals surface area contributed by atoms with Gasteiger partial charge in [-0.3, -0.25) is 0 Å². The van der Waals surface area contributed by atoms with E-state index < -0.39 is 0 Å². The van der Waals surface area contributed by atoms with Crippen LogP contribution in [0.4, 0.5) is 11.9 Å². The van der Waals surface area contributed by atoms with Crippen LogP contribution in [0, 0.1) is 11.3 Å². The third kappa shape index (κ3) is 5.79. The monoisotopic (exact) mass is 294 g/mol. The van der Waals surface area contributed by atoms with Crippen molar-refractivity contribution in [3.8, 4) is 12.1 Å². The van der Waals surface area contributed by atoms with Gasteiger partial charge in [-0.15, -0.1) is 0 Å². The molecule has 0 saturated carbocycles. The van der Waals surface area contributed by atoms with Gasteiger partial charge in [-0.25, -0.2) is 0 Å². The molecule has 0 atom stereocenters. The number of nitriles is 1. The van der Waals surface area contributed by atoms with E-state index in [1.165, 1.54) is 7.11 Å². The van der Waals surface area contributed by atoms with Crippen LogP contribution in [0.2, 0.25) is 0 Å². The van der Waals surface area contributed by atoms with Gasteiger partial charge in [-0.1, -0.05) is 6.92 Å². The van der Waals surface area contributed by atoms with E-state index >= 15 is 0 Å². The van der Waals surface area contributed by atoms with E-state index in [0.29, 0.717) is 38.0 Å². The van der Waals surface area contributed by atoms with Gasteiger partial charge in [0.1, 0.15) is 0 Å². The minimum absolute atomic E-state index is 0.248. The highest BCUT2D eigenvalue weighted by atomic mass is 16.5. The Morgan fingerprint density at radius 1 is 1.24 bits per heavy atom. The van der Waals surface area contributed by atoms with Crippen molar-refractivity contribution in [3.63, 3.8) is 0 Å². The summed E-state index contributed by atoms with van der Waals surface area (Å²) in [5.74, 6) is 0.950. The van der Waals surface area contributed by atoms with Gasteiger partial charge in [0.2, 0.25) is 11.9 Å². The molecule has 0 aliphatic carbocycles. The maximum absolute atomic E-state index is 8.76. The Balaban J connectivity index is 2.95. The van der Waals surface area contributed by atoms with Gasteiger partial charge < -0.3 is 19.7 Å². The molecule has 21 heavy (non-hydrogen) atoms. The van der Waals surface area contributed by atoms with E-state index in [1.807, 2.05) is 4.90 Å². The van der Waals surface area contributed by atoms with Crippen LogP contribution < -0.4 is 15.0 Å². The number of ether oxygens (including phenoxy) is 2. The number of nitrogens with one attached hydrogen (secondary N) is 1. The van der Waals surface area contributed by atoms with Crippen LogP contribution >= 0.6 is 0 Å². The van der Waals surface area contributed by atoms with E-state index in [2.05, 4.69) is 33.3 Å². The van der Waals surface area contributed by atoms with Crippen LogP contribution in [0.25, 0.3) is 0 Å². The van der Waals surface area contributed by atoms with E-state index in [-0.39, 0.29) is 6.01 Å². The average Bonchev–Trinajstić information content (AvgIpc) is 2.52. The minimum atomic E-state index is 0.248. The molecule has 1 N–H and O–H groups in total. The van der Waals surface area contributed by atoms with Gasteiger partial charge in [0.05, 0.1) is 26.2 Å². The Morgan fingerprint density at radius 2 is 2.05 bits per heavy atom. The molecule has 1 rings (SSSR count). The summed E-state index contributed by atoms with van der Waals surface area (Å²) in [6.45, 7) is 4.48. The van der Waals surface area contributed by atoms with Gasteiger partial charge >= 0.3 is 6.01 Å². The molecule has 0 saturated heterocycles. The minimum Gasteiger partial charge on any atom is -0.467 e. The molecule has 116 valence electrons. The fourth-order valence-corrected chi connectivity index (χ4v) is 1.59. The topological polar surface area (TPSA) is 96.2 Å². The summed E-state index contributed by atoms with van der Waals surface area (Å²) in [7, 11) is 3.14. The second-order valence-corrected chi connectivity index (χ2v) is 4.26. The molecule has 0 aliphatic rings. The summed E-state index contributed by atoms with van der Waals surface area (Å²) in [4.78, 5) is 14.7. The van der Waals surface area contributed by atoms with Crippen LogP contribution in [0.15, 0.2) is 0 Å². The summed E-state index contributed by atoms with van der Waals surface area (Å²) in [6, 6.07) is 2.37. The maximum Gasteiger partial charge on any atom is 0.322 e. The maximum atomic E-state index is 8.76. The lowest BCUT2D eigenvalue weighted by molar-refractivity contribution is 0.205. The first-order valence-electron chi connectivity index (χ1n) is 6.89. The van der Waals surface area contributed by atoms with Gasteiger partial charge in [0, 0.05) is 26.7 Å². The zero-order valence-corrected chi connectivity index (χ0v) is 12.8. The van der Waals surface area contributed by atoms with E-state index in [4.69, 9.17) is 14.7 Å². The first-order chi connectivity index (χ1) is 10.2.